The molecule has 1 aliphatic rings. The summed E-state index contributed by atoms with van der Waals surface area (Å²) in [4.78, 5) is 10.8. The van der Waals surface area contributed by atoms with Gasteiger partial charge in [-0.05, 0) is 0 Å². The number of ether oxygens (including phenoxy) is 2. The van der Waals surface area contributed by atoms with Crippen molar-refractivity contribution in [3.05, 3.63) is 12.7 Å². The van der Waals surface area contributed by atoms with Crippen LogP contribution in [0.5, 0.6) is 0 Å². The van der Waals surface area contributed by atoms with Crippen LogP contribution >= 0.6 is 0 Å². The van der Waals surface area contributed by atoms with Crippen molar-refractivity contribution in [3.8, 4) is 0 Å². The summed E-state index contributed by atoms with van der Waals surface area (Å²) in [5, 5.41) is 0. The highest BCUT2D eigenvalue weighted by atomic mass is 16.5. The van der Waals surface area contributed by atoms with Crippen molar-refractivity contribution < 1.29 is 18.8 Å². The highest BCUT2D eigenvalue weighted by Crippen LogP contribution is 2.08. The summed E-state index contributed by atoms with van der Waals surface area (Å²) in [5.41, 5.74) is 0. The zero-order chi connectivity index (χ0) is 11.1. The minimum Gasteiger partial charge on any atom is -0.462 e. The van der Waals surface area contributed by atoms with E-state index in [1.54, 1.807) is 0 Å². The Morgan fingerprint density at radius 3 is 2.80 bits per heavy atom. The number of carbonyl (C=O) groups excluding carboxylic acids is 1. The maximum absolute atomic E-state index is 10.8. The van der Waals surface area contributed by atoms with Crippen LogP contribution in [0.2, 0.25) is 0 Å². The molecule has 0 N–H and O–H groups in total. The van der Waals surface area contributed by atoms with Gasteiger partial charge in [0, 0.05) is 12.5 Å². The molecule has 0 aromatic heterocycles. The lowest BCUT2D eigenvalue weighted by molar-refractivity contribution is -0.917. The number of likely N-dealkylation sites (N-methyl/N-ethyl adjacent to an activating group) is 1. The summed E-state index contributed by atoms with van der Waals surface area (Å²) in [6, 6.07) is 0. The third-order valence-electron chi connectivity index (χ3n) is 2.80. The molecule has 4 nitrogen and oxygen atoms in total. The third kappa shape index (κ3) is 4.44. The van der Waals surface area contributed by atoms with Crippen molar-refractivity contribution in [2.75, 3.05) is 46.5 Å². The van der Waals surface area contributed by atoms with Crippen LogP contribution in [-0.4, -0.2) is 57.0 Å². The van der Waals surface area contributed by atoms with Gasteiger partial charge < -0.3 is 14.0 Å². The van der Waals surface area contributed by atoms with Gasteiger partial charge in [-0.15, -0.1) is 0 Å². The van der Waals surface area contributed by atoms with Crippen molar-refractivity contribution in [2.45, 2.75) is 6.42 Å². The van der Waals surface area contributed by atoms with Gasteiger partial charge in [0.25, 0.3) is 0 Å². The summed E-state index contributed by atoms with van der Waals surface area (Å²) in [6.45, 7) is 8.64. The fraction of sp³-hybridized carbons (Fsp3) is 0.727. The van der Waals surface area contributed by atoms with Gasteiger partial charge in [0.05, 0.1) is 33.4 Å². The predicted molar refractivity (Wildman–Crippen MR) is 57.4 cm³/mol. The van der Waals surface area contributed by atoms with E-state index in [1.807, 2.05) is 0 Å². The minimum atomic E-state index is -0.334. The molecule has 0 atom stereocenters. The Morgan fingerprint density at radius 1 is 1.53 bits per heavy atom. The average Bonchev–Trinajstić information content (AvgIpc) is 2.25. The Balaban J connectivity index is 2.13. The summed E-state index contributed by atoms with van der Waals surface area (Å²) in [7, 11) is 2.22. The summed E-state index contributed by atoms with van der Waals surface area (Å²) in [5.74, 6) is -0.334. The second-order valence-electron chi connectivity index (χ2n) is 4.13. The zero-order valence-electron chi connectivity index (χ0n) is 9.41. The maximum atomic E-state index is 10.8. The van der Waals surface area contributed by atoms with Crippen LogP contribution in [0.4, 0.5) is 0 Å². The van der Waals surface area contributed by atoms with E-state index < -0.39 is 0 Å². The quantitative estimate of drug-likeness (QED) is 0.291. The summed E-state index contributed by atoms with van der Waals surface area (Å²) >= 11 is 0. The molecule has 0 amide bonds. The van der Waals surface area contributed by atoms with E-state index in [9.17, 15) is 4.79 Å². The fourth-order valence-corrected chi connectivity index (χ4v) is 1.69. The lowest BCUT2D eigenvalue weighted by atomic mass is 10.3. The van der Waals surface area contributed by atoms with E-state index in [2.05, 4.69) is 13.6 Å². The Labute approximate surface area is 91.1 Å². The van der Waals surface area contributed by atoms with Crippen LogP contribution in [0.15, 0.2) is 12.7 Å². The van der Waals surface area contributed by atoms with Gasteiger partial charge in [-0.3, -0.25) is 0 Å². The molecule has 1 heterocycles. The van der Waals surface area contributed by atoms with Crippen molar-refractivity contribution in [1.29, 1.82) is 0 Å². The average molecular weight is 214 g/mol. The standard InChI is InChI=1S/C11H20NO3/c1-3-11(13)15-8-4-5-12(2)6-9-14-10-7-12/h3H,1,4-10H2,2H3/q+1. The number of morpholine rings is 1. The molecular formula is C11H20NO3+. The van der Waals surface area contributed by atoms with E-state index in [0.29, 0.717) is 6.61 Å². The van der Waals surface area contributed by atoms with Gasteiger partial charge in [0.1, 0.15) is 13.1 Å². The molecule has 0 aromatic rings. The molecule has 1 fully saturated rings. The van der Waals surface area contributed by atoms with Crippen LogP contribution in [0.3, 0.4) is 0 Å². The monoisotopic (exact) mass is 214 g/mol. The smallest absolute Gasteiger partial charge is 0.330 e. The van der Waals surface area contributed by atoms with Crippen LogP contribution in [0.25, 0.3) is 0 Å². The number of carbonyl (C=O) groups is 1. The summed E-state index contributed by atoms with van der Waals surface area (Å²) < 4.78 is 11.3. The molecule has 0 spiro atoms. The molecular weight excluding hydrogens is 194 g/mol. The van der Waals surface area contributed by atoms with Crippen LogP contribution in [-0.2, 0) is 14.3 Å². The molecule has 0 radical (unpaired) electrons. The van der Waals surface area contributed by atoms with Crippen LogP contribution < -0.4 is 0 Å². The molecule has 0 aliphatic carbocycles. The SMILES string of the molecule is C=CC(=O)OCCC[N+]1(C)CCOCC1. The second kappa shape index (κ2) is 5.88. The fourth-order valence-electron chi connectivity index (χ4n) is 1.69. The lowest BCUT2D eigenvalue weighted by Gasteiger charge is -2.37. The molecule has 0 saturated carbocycles. The molecule has 1 rings (SSSR count). The number of hydrogen-bond donors (Lipinski definition) is 0. The van der Waals surface area contributed by atoms with Gasteiger partial charge in [0.2, 0.25) is 0 Å². The number of hydrogen-bond acceptors (Lipinski definition) is 3. The minimum absolute atomic E-state index is 0.334. The van der Waals surface area contributed by atoms with Gasteiger partial charge >= 0.3 is 5.97 Å². The van der Waals surface area contributed by atoms with E-state index in [-0.39, 0.29) is 5.97 Å². The molecule has 15 heavy (non-hydrogen) atoms. The number of rotatable bonds is 5. The van der Waals surface area contributed by atoms with Crippen LogP contribution in [0.1, 0.15) is 6.42 Å². The molecule has 0 unspecified atom stereocenters. The van der Waals surface area contributed by atoms with Crippen LogP contribution in [0, 0.1) is 0 Å². The van der Waals surface area contributed by atoms with Gasteiger partial charge in [-0.2, -0.15) is 0 Å². The van der Waals surface area contributed by atoms with E-state index in [1.165, 1.54) is 6.08 Å². The molecule has 0 aromatic carbocycles. The zero-order valence-corrected chi connectivity index (χ0v) is 9.41. The van der Waals surface area contributed by atoms with E-state index >= 15 is 0 Å². The highest BCUT2D eigenvalue weighted by Gasteiger charge is 2.24. The Hall–Kier alpha value is -0.870. The maximum Gasteiger partial charge on any atom is 0.330 e. The Morgan fingerprint density at radius 2 is 2.20 bits per heavy atom. The largest absolute Gasteiger partial charge is 0.462 e. The van der Waals surface area contributed by atoms with E-state index in [0.717, 1.165) is 43.8 Å². The topological polar surface area (TPSA) is 35.5 Å². The summed E-state index contributed by atoms with van der Waals surface area (Å²) in [6.07, 6.45) is 2.10. The Kier molecular flexibility index (Phi) is 4.78. The highest BCUT2D eigenvalue weighted by molar-refractivity contribution is 5.81. The van der Waals surface area contributed by atoms with Gasteiger partial charge in [-0.25, -0.2) is 4.79 Å². The van der Waals surface area contributed by atoms with Crippen molar-refractivity contribution in [2.24, 2.45) is 0 Å². The number of esters is 1. The van der Waals surface area contributed by atoms with Gasteiger partial charge in [0.15, 0.2) is 0 Å². The van der Waals surface area contributed by atoms with Crippen molar-refractivity contribution in [3.63, 3.8) is 0 Å². The number of quaternary nitrogens is 1. The molecule has 1 aliphatic heterocycles. The first-order valence-electron chi connectivity index (χ1n) is 5.37. The van der Waals surface area contributed by atoms with Crippen molar-refractivity contribution >= 4 is 5.97 Å². The van der Waals surface area contributed by atoms with Gasteiger partial charge in [-0.1, -0.05) is 6.58 Å². The predicted octanol–water partition coefficient (Wildman–Crippen LogP) is 0.582. The first-order chi connectivity index (χ1) is 7.16. The Bertz CT molecular complexity index is 222. The third-order valence-corrected chi connectivity index (χ3v) is 2.80. The molecule has 86 valence electrons. The molecule has 4 heteroatoms. The normalized spacial score (nSPS) is 19.5. The van der Waals surface area contributed by atoms with Crippen molar-refractivity contribution in [1.82, 2.24) is 0 Å². The molecule has 0 bridgehead atoms. The second-order valence-corrected chi connectivity index (χ2v) is 4.13. The first-order valence-corrected chi connectivity index (χ1v) is 5.37. The lowest BCUT2D eigenvalue weighted by Crippen LogP contribution is -2.52. The first kappa shape index (κ1) is 12.2. The van der Waals surface area contributed by atoms with E-state index in [4.69, 9.17) is 9.47 Å². The molecule has 1 saturated heterocycles. The number of nitrogens with zero attached hydrogens (tertiary/aromatic N) is 1.